The summed E-state index contributed by atoms with van der Waals surface area (Å²) < 4.78 is 0. The Kier molecular flexibility index (Phi) is 5.99. The summed E-state index contributed by atoms with van der Waals surface area (Å²) >= 11 is 0. The van der Waals surface area contributed by atoms with Crippen molar-refractivity contribution < 1.29 is 4.84 Å². The molecule has 2 nitrogen and oxygen atoms in total. The quantitative estimate of drug-likeness (QED) is 0.415. The van der Waals surface area contributed by atoms with E-state index in [0.717, 1.165) is 6.54 Å². The Morgan fingerprint density at radius 3 is 2.44 bits per heavy atom. The normalized spacial score (nSPS) is 10.7. The number of unbranched alkanes of at least 4 members (excludes halogenated alkanes) is 2. The van der Waals surface area contributed by atoms with Gasteiger partial charge in [0.25, 0.3) is 0 Å². The molecule has 0 aromatic heterocycles. The van der Waals surface area contributed by atoms with Gasteiger partial charge in [-0.05, 0) is 6.42 Å². The summed E-state index contributed by atoms with van der Waals surface area (Å²) in [6.07, 6.45) is 3.81. The Balaban J connectivity index is 2.88. The summed E-state index contributed by atoms with van der Waals surface area (Å²) in [6.45, 7) is 3.25. The number of nitrogens with zero attached hydrogens (tertiary/aromatic N) is 1. The largest absolute Gasteiger partial charge is 0.303 e. The van der Waals surface area contributed by atoms with E-state index in [-0.39, 0.29) is 0 Å². The van der Waals surface area contributed by atoms with Crippen LogP contribution in [-0.4, -0.2) is 25.8 Å². The van der Waals surface area contributed by atoms with Gasteiger partial charge < -0.3 is 4.84 Å². The lowest BCUT2D eigenvalue weighted by Gasteiger charge is -2.11. The minimum atomic E-state index is 1.05. The first-order valence-corrected chi connectivity index (χ1v) is 3.56. The van der Waals surface area contributed by atoms with Crippen LogP contribution in [0, 0.1) is 0 Å². The van der Waals surface area contributed by atoms with Crippen molar-refractivity contribution in [2.75, 3.05) is 20.7 Å². The van der Waals surface area contributed by atoms with E-state index in [2.05, 4.69) is 6.92 Å². The average Bonchev–Trinajstić information content (AvgIpc) is 1.89. The lowest BCUT2D eigenvalue weighted by atomic mass is 10.2. The maximum Gasteiger partial charge on any atom is 0.0575 e. The van der Waals surface area contributed by atoms with Crippen molar-refractivity contribution in [2.45, 2.75) is 26.2 Å². The van der Waals surface area contributed by atoms with Gasteiger partial charge in [0.05, 0.1) is 7.11 Å². The van der Waals surface area contributed by atoms with Crippen LogP contribution in [0.4, 0.5) is 0 Å². The number of hydroxylamine groups is 2. The second kappa shape index (κ2) is 6.05. The number of hydrogen-bond donors (Lipinski definition) is 0. The monoisotopic (exact) mass is 131 g/mol. The molecule has 0 bridgehead atoms. The minimum Gasteiger partial charge on any atom is -0.303 e. The van der Waals surface area contributed by atoms with Crippen molar-refractivity contribution in [3.05, 3.63) is 0 Å². The molecule has 9 heavy (non-hydrogen) atoms. The van der Waals surface area contributed by atoms with Gasteiger partial charge in [-0.25, -0.2) is 0 Å². The molecule has 2 heteroatoms. The van der Waals surface area contributed by atoms with E-state index in [1.807, 2.05) is 12.1 Å². The molecule has 0 atom stereocenters. The topological polar surface area (TPSA) is 12.5 Å². The lowest BCUT2D eigenvalue weighted by Crippen LogP contribution is -2.17. The van der Waals surface area contributed by atoms with Crippen molar-refractivity contribution in [1.82, 2.24) is 5.06 Å². The second-order valence-corrected chi connectivity index (χ2v) is 2.24. The first-order valence-electron chi connectivity index (χ1n) is 3.56. The zero-order valence-electron chi connectivity index (χ0n) is 6.68. The van der Waals surface area contributed by atoms with Crippen LogP contribution in [0.2, 0.25) is 0 Å². The van der Waals surface area contributed by atoms with E-state index in [9.17, 15) is 0 Å². The maximum atomic E-state index is 4.93. The van der Waals surface area contributed by atoms with E-state index in [1.165, 1.54) is 19.3 Å². The van der Waals surface area contributed by atoms with Gasteiger partial charge in [0, 0.05) is 13.6 Å². The van der Waals surface area contributed by atoms with Gasteiger partial charge in [0.1, 0.15) is 0 Å². The molecule has 0 saturated heterocycles. The van der Waals surface area contributed by atoms with Crippen LogP contribution < -0.4 is 0 Å². The Morgan fingerprint density at radius 1 is 1.33 bits per heavy atom. The molecular formula is C7H17NO. The van der Waals surface area contributed by atoms with Gasteiger partial charge in [-0.3, -0.25) is 0 Å². The summed E-state index contributed by atoms with van der Waals surface area (Å²) in [5, 5.41) is 1.86. The summed E-state index contributed by atoms with van der Waals surface area (Å²) in [4.78, 5) is 4.93. The van der Waals surface area contributed by atoms with Gasteiger partial charge >= 0.3 is 0 Å². The molecule has 0 spiro atoms. The molecule has 0 rings (SSSR count). The third kappa shape index (κ3) is 5.80. The molecule has 0 aromatic carbocycles. The zero-order chi connectivity index (χ0) is 7.11. The zero-order valence-corrected chi connectivity index (χ0v) is 6.68. The molecule has 0 aromatic rings. The van der Waals surface area contributed by atoms with Crippen LogP contribution in [0.15, 0.2) is 0 Å². The van der Waals surface area contributed by atoms with Gasteiger partial charge in [-0.1, -0.05) is 19.8 Å². The van der Waals surface area contributed by atoms with Crippen LogP contribution in [0.5, 0.6) is 0 Å². The molecule has 0 aliphatic rings. The summed E-state index contributed by atoms with van der Waals surface area (Å²) in [7, 11) is 3.65. The van der Waals surface area contributed by atoms with E-state index in [4.69, 9.17) is 4.84 Å². The highest BCUT2D eigenvalue weighted by molar-refractivity contribution is 4.39. The van der Waals surface area contributed by atoms with Crippen molar-refractivity contribution in [1.29, 1.82) is 0 Å². The maximum absolute atomic E-state index is 4.93. The standard InChI is InChI=1S/C7H17NO/c1-4-5-6-7-8(2)9-3/h4-7H2,1-3H3. The third-order valence-corrected chi connectivity index (χ3v) is 1.39. The van der Waals surface area contributed by atoms with Crippen molar-refractivity contribution in [3.63, 3.8) is 0 Å². The molecule has 0 aliphatic heterocycles. The van der Waals surface area contributed by atoms with E-state index < -0.39 is 0 Å². The SMILES string of the molecule is CCCCCN(C)OC. The highest BCUT2D eigenvalue weighted by atomic mass is 16.7. The van der Waals surface area contributed by atoms with Gasteiger partial charge in [-0.15, -0.1) is 0 Å². The lowest BCUT2D eigenvalue weighted by molar-refractivity contribution is -0.109. The molecule has 0 N–H and O–H groups in total. The second-order valence-electron chi connectivity index (χ2n) is 2.24. The fraction of sp³-hybridized carbons (Fsp3) is 1.00. The van der Waals surface area contributed by atoms with Crippen molar-refractivity contribution in [2.24, 2.45) is 0 Å². The van der Waals surface area contributed by atoms with Crippen LogP contribution in [0.3, 0.4) is 0 Å². The molecule has 0 heterocycles. The molecule has 0 saturated carbocycles. The summed E-state index contributed by atoms with van der Waals surface area (Å²) in [5.74, 6) is 0. The van der Waals surface area contributed by atoms with Gasteiger partial charge in [0.15, 0.2) is 0 Å². The molecule has 0 amide bonds. The first kappa shape index (κ1) is 8.92. The fourth-order valence-corrected chi connectivity index (χ4v) is 0.676. The minimum absolute atomic E-state index is 1.05. The molecule has 0 aliphatic carbocycles. The molecule has 56 valence electrons. The van der Waals surface area contributed by atoms with Crippen LogP contribution in [0.1, 0.15) is 26.2 Å². The number of hydrogen-bond acceptors (Lipinski definition) is 2. The fourth-order valence-electron chi connectivity index (χ4n) is 0.676. The van der Waals surface area contributed by atoms with Crippen LogP contribution in [-0.2, 0) is 4.84 Å². The summed E-state index contributed by atoms with van der Waals surface area (Å²) in [5.41, 5.74) is 0. The third-order valence-electron chi connectivity index (χ3n) is 1.39. The summed E-state index contributed by atoms with van der Waals surface area (Å²) in [6, 6.07) is 0. The van der Waals surface area contributed by atoms with Crippen LogP contribution >= 0.6 is 0 Å². The van der Waals surface area contributed by atoms with Gasteiger partial charge in [0.2, 0.25) is 0 Å². The predicted molar refractivity (Wildman–Crippen MR) is 39.2 cm³/mol. The van der Waals surface area contributed by atoms with Crippen molar-refractivity contribution in [3.8, 4) is 0 Å². The Labute approximate surface area is 57.8 Å². The highest BCUT2D eigenvalue weighted by Gasteiger charge is 1.91. The molecular weight excluding hydrogens is 114 g/mol. The Bertz CT molecular complexity index is 56.9. The number of rotatable bonds is 5. The Hall–Kier alpha value is -0.0800. The Morgan fingerprint density at radius 2 is 2.00 bits per heavy atom. The van der Waals surface area contributed by atoms with Crippen molar-refractivity contribution >= 4 is 0 Å². The molecule has 0 unspecified atom stereocenters. The van der Waals surface area contributed by atoms with Crippen LogP contribution in [0.25, 0.3) is 0 Å². The average molecular weight is 131 g/mol. The van der Waals surface area contributed by atoms with E-state index >= 15 is 0 Å². The molecule has 0 fully saturated rings. The smallest absolute Gasteiger partial charge is 0.0575 e. The first-order chi connectivity index (χ1) is 4.31. The predicted octanol–water partition coefficient (Wildman–Crippen LogP) is 1.67. The highest BCUT2D eigenvalue weighted by Crippen LogP contribution is 1.95. The molecule has 0 radical (unpaired) electrons. The van der Waals surface area contributed by atoms with E-state index in [1.54, 1.807) is 7.11 Å². The van der Waals surface area contributed by atoms with E-state index in [0.29, 0.717) is 0 Å². The van der Waals surface area contributed by atoms with Gasteiger partial charge in [-0.2, -0.15) is 5.06 Å².